The van der Waals surface area contributed by atoms with E-state index < -0.39 is 48.6 Å². The Balaban J connectivity index is 1.27. The van der Waals surface area contributed by atoms with Gasteiger partial charge in [-0.3, -0.25) is 23.7 Å². The van der Waals surface area contributed by atoms with E-state index in [1.54, 1.807) is 14.7 Å². The first kappa shape index (κ1) is 35.1. The monoisotopic (exact) mass is 716 g/mol. The predicted octanol–water partition coefficient (Wildman–Crippen LogP) is 4.32. The Morgan fingerprint density at radius 1 is 1.00 bits per heavy atom. The van der Waals surface area contributed by atoms with E-state index in [2.05, 4.69) is 5.32 Å². The predicted molar refractivity (Wildman–Crippen MR) is 179 cm³/mol. The minimum absolute atomic E-state index is 0.0829. The Labute approximate surface area is 286 Å². The van der Waals surface area contributed by atoms with Crippen molar-refractivity contribution in [3.8, 4) is 0 Å². The summed E-state index contributed by atoms with van der Waals surface area (Å²) in [5.74, 6) is -1.79. The summed E-state index contributed by atoms with van der Waals surface area (Å²) < 4.78 is 40.7. The van der Waals surface area contributed by atoms with Crippen molar-refractivity contribution in [2.45, 2.75) is 69.2 Å². The molecule has 4 amide bonds. The third-order valence-corrected chi connectivity index (χ3v) is 11.9. The van der Waals surface area contributed by atoms with Crippen LogP contribution in [0.25, 0.3) is 10.1 Å². The fourth-order valence-corrected chi connectivity index (χ4v) is 8.60. The van der Waals surface area contributed by atoms with Crippen LogP contribution in [0.15, 0.2) is 54.6 Å². The molecule has 0 radical (unpaired) electrons. The molecular formula is C34H39F2N4O7PS. The van der Waals surface area contributed by atoms with Crippen LogP contribution in [-0.4, -0.2) is 92.4 Å². The number of thiophene rings is 1. The maximum absolute atomic E-state index is 14.4. The van der Waals surface area contributed by atoms with Gasteiger partial charge in [0.2, 0.25) is 17.7 Å². The van der Waals surface area contributed by atoms with Crippen LogP contribution in [0.3, 0.4) is 0 Å². The summed E-state index contributed by atoms with van der Waals surface area (Å²) in [6.07, 6.45) is 3.88. The number of nitrogens with one attached hydrogen (secondary N) is 1. The Hall–Kier alpha value is -3.71. The van der Waals surface area contributed by atoms with Gasteiger partial charge in [-0.15, -0.1) is 11.3 Å². The van der Waals surface area contributed by atoms with Crippen molar-refractivity contribution >= 4 is 52.6 Å². The minimum atomic E-state index is -5.80. The molecule has 49 heavy (non-hydrogen) atoms. The first-order chi connectivity index (χ1) is 23.2. The standard InChI is InChI=1S/C34H39F2N4O7PS/c1-21(17-22-7-3-2-4-8-22)31(42)39-16-13-25-10-11-27(33(44)38-14-5-6-15-38)40(25)32(43)26(20-39)37-30(41)29-19-23-18-24(9-12-28(23)49-29)34(35,36)48(45,46)47/h2-4,7-9,12,18-19,21,25-27H,5-6,10-11,13-17,20H2,1H3,(H,37,41)(H2,45,46,47)/t21-,25-,26+,27+/m1/s1. The molecule has 0 bridgehead atoms. The molecule has 3 aliphatic heterocycles. The first-order valence-electron chi connectivity index (χ1n) is 16.5. The van der Waals surface area contributed by atoms with E-state index in [9.17, 15) is 42.3 Å². The zero-order valence-electron chi connectivity index (χ0n) is 27.0. The number of carbonyl (C=O) groups is 4. The summed E-state index contributed by atoms with van der Waals surface area (Å²) in [6, 6.07) is 11.9. The third-order valence-electron chi connectivity index (χ3n) is 9.77. The highest BCUT2D eigenvalue weighted by Gasteiger charge is 2.50. The van der Waals surface area contributed by atoms with Gasteiger partial charge in [0.15, 0.2) is 0 Å². The van der Waals surface area contributed by atoms with Crippen molar-refractivity contribution in [2.24, 2.45) is 5.92 Å². The van der Waals surface area contributed by atoms with Crippen LogP contribution in [0.1, 0.15) is 59.8 Å². The summed E-state index contributed by atoms with van der Waals surface area (Å²) in [7, 11) is -5.80. The minimum Gasteiger partial charge on any atom is -0.341 e. The van der Waals surface area contributed by atoms with Crippen molar-refractivity contribution in [1.29, 1.82) is 0 Å². The van der Waals surface area contributed by atoms with Gasteiger partial charge in [0.1, 0.15) is 12.1 Å². The lowest BCUT2D eigenvalue weighted by Crippen LogP contribution is -2.61. The summed E-state index contributed by atoms with van der Waals surface area (Å²) in [6.45, 7) is 3.33. The molecule has 0 spiro atoms. The molecule has 0 unspecified atom stereocenters. The number of hydrogen-bond acceptors (Lipinski definition) is 6. The quantitative estimate of drug-likeness (QED) is 0.295. The van der Waals surface area contributed by atoms with Crippen LogP contribution >= 0.6 is 18.9 Å². The average Bonchev–Trinajstić information content (AvgIpc) is 3.84. The van der Waals surface area contributed by atoms with E-state index in [1.165, 1.54) is 12.1 Å². The SMILES string of the molecule is C[C@H](Cc1ccccc1)C(=O)N1CC[C@H]2CC[C@@H](C(=O)N3CCCC3)N2C(=O)[C@@H](NC(=O)c2cc3cc(C(F)(F)P(=O)(O)O)ccc3s2)C1. The molecule has 0 aliphatic carbocycles. The van der Waals surface area contributed by atoms with Gasteiger partial charge in [0.05, 0.1) is 4.88 Å². The molecule has 4 heterocycles. The van der Waals surface area contributed by atoms with Crippen molar-refractivity contribution < 1.29 is 42.3 Å². The van der Waals surface area contributed by atoms with Gasteiger partial charge in [-0.2, -0.15) is 8.78 Å². The van der Waals surface area contributed by atoms with E-state index in [1.807, 2.05) is 37.3 Å². The van der Waals surface area contributed by atoms with Crippen molar-refractivity contribution in [1.82, 2.24) is 20.0 Å². The number of fused-ring (bicyclic) bond motifs is 2. The van der Waals surface area contributed by atoms with Gasteiger partial charge in [0.25, 0.3) is 5.91 Å². The molecule has 1 aromatic heterocycles. The summed E-state index contributed by atoms with van der Waals surface area (Å²) in [5.41, 5.74) is -4.31. The highest BCUT2D eigenvalue weighted by atomic mass is 32.1. The molecule has 3 aliphatic rings. The lowest BCUT2D eigenvalue weighted by atomic mass is 9.98. The van der Waals surface area contributed by atoms with Gasteiger partial charge in [-0.05, 0) is 67.7 Å². The number of carbonyl (C=O) groups excluding carboxylic acids is 4. The van der Waals surface area contributed by atoms with E-state index in [-0.39, 0.29) is 34.7 Å². The topological polar surface area (TPSA) is 148 Å². The fraction of sp³-hybridized carbons (Fsp3) is 0.471. The molecule has 15 heteroatoms. The number of benzene rings is 2. The summed E-state index contributed by atoms with van der Waals surface area (Å²) in [4.78, 5) is 78.9. The summed E-state index contributed by atoms with van der Waals surface area (Å²) in [5, 5.41) is 2.96. The Morgan fingerprint density at radius 3 is 2.41 bits per heavy atom. The molecular weight excluding hydrogens is 677 g/mol. The number of amides is 4. The van der Waals surface area contributed by atoms with E-state index in [0.29, 0.717) is 50.0 Å². The van der Waals surface area contributed by atoms with Gasteiger partial charge < -0.3 is 29.8 Å². The number of alkyl halides is 2. The molecule has 6 rings (SSSR count). The van der Waals surface area contributed by atoms with Gasteiger partial charge >= 0.3 is 13.3 Å². The maximum Gasteiger partial charge on any atom is 0.399 e. The number of likely N-dealkylation sites (tertiary alicyclic amines) is 1. The molecule has 4 atom stereocenters. The lowest BCUT2D eigenvalue weighted by molar-refractivity contribution is -0.149. The Kier molecular flexibility index (Phi) is 9.96. The molecule has 262 valence electrons. The highest BCUT2D eigenvalue weighted by molar-refractivity contribution is 7.52. The zero-order chi connectivity index (χ0) is 35.1. The van der Waals surface area contributed by atoms with Crippen molar-refractivity contribution in [3.63, 3.8) is 0 Å². The lowest BCUT2D eigenvalue weighted by Gasteiger charge is -2.40. The van der Waals surface area contributed by atoms with Crippen LogP contribution in [-0.2, 0) is 31.0 Å². The number of hydrogen-bond donors (Lipinski definition) is 3. The summed E-state index contributed by atoms with van der Waals surface area (Å²) >= 11 is 0.969. The number of halogens is 2. The maximum atomic E-state index is 14.4. The molecule has 11 nitrogen and oxygen atoms in total. The molecule has 3 aromatic rings. The largest absolute Gasteiger partial charge is 0.399 e. The second kappa shape index (κ2) is 13.9. The third kappa shape index (κ3) is 7.15. The van der Waals surface area contributed by atoms with Crippen molar-refractivity contribution in [3.05, 3.63) is 70.6 Å². The molecule has 0 saturated carbocycles. The second-order valence-corrected chi connectivity index (χ2v) is 15.9. The molecule has 3 saturated heterocycles. The Bertz CT molecular complexity index is 1800. The highest BCUT2D eigenvalue weighted by Crippen LogP contribution is 2.59. The van der Waals surface area contributed by atoms with Gasteiger partial charge in [0, 0.05) is 48.4 Å². The normalized spacial score (nSPS) is 22.5. The fourth-order valence-electron chi connectivity index (χ4n) is 7.18. The van der Waals surface area contributed by atoms with E-state index in [0.717, 1.165) is 41.9 Å². The first-order valence-corrected chi connectivity index (χ1v) is 18.9. The van der Waals surface area contributed by atoms with Gasteiger partial charge in [-0.25, -0.2) is 0 Å². The van der Waals surface area contributed by atoms with Crippen LogP contribution in [0.5, 0.6) is 0 Å². The van der Waals surface area contributed by atoms with Crippen LogP contribution < -0.4 is 5.32 Å². The average molecular weight is 717 g/mol. The van der Waals surface area contributed by atoms with Gasteiger partial charge in [-0.1, -0.05) is 43.3 Å². The second-order valence-electron chi connectivity index (χ2n) is 13.2. The van der Waals surface area contributed by atoms with Crippen LogP contribution in [0.4, 0.5) is 8.78 Å². The van der Waals surface area contributed by atoms with Crippen molar-refractivity contribution in [2.75, 3.05) is 26.2 Å². The number of rotatable bonds is 8. The van der Waals surface area contributed by atoms with Crippen LogP contribution in [0.2, 0.25) is 0 Å². The smallest absolute Gasteiger partial charge is 0.341 e. The van der Waals surface area contributed by atoms with Crippen LogP contribution in [0, 0.1) is 5.92 Å². The molecule has 2 aromatic carbocycles. The van der Waals surface area contributed by atoms with E-state index in [4.69, 9.17) is 0 Å². The molecule has 3 N–H and O–H groups in total. The zero-order valence-corrected chi connectivity index (χ0v) is 28.7. The number of nitrogens with zero attached hydrogens (tertiary/aromatic N) is 3. The molecule has 3 fully saturated rings. The Morgan fingerprint density at radius 2 is 1.71 bits per heavy atom. The van der Waals surface area contributed by atoms with E-state index >= 15 is 0 Å².